The minimum atomic E-state index is -0.981. The summed E-state index contributed by atoms with van der Waals surface area (Å²) in [5.41, 5.74) is 0. The van der Waals surface area contributed by atoms with Gasteiger partial charge in [-0.1, -0.05) is 39.3 Å². The molecule has 0 heterocycles. The molecule has 0 unspecified atom stereocenters. The number of hydrogen-bond acceptors (Lipinski definition) is 1. The second kappa shape index (κ2) is 5.23. The van der Waals surface area contributed by atoms with Crippen LogP contribution in [-0.2, 0) is 0 Å². The van der Waals surface area contributed by atoms with Crippen LogP contribution in [0.1, 0.15) is 0 Å². The SMILES string of the molecule is C[Si](C)(C)N[Si](C)(C)C.[Cs]. The van der Waals surface area contributed by atoms with Gasteiger partial charge in [-0.2, -0.15) is 0 Å². The van der Waals surface area contributed by atoms with E-state index in [-0.39, 0.29) is 68.9 Å². The topological polar surface area (TPSA) is 12.0 Å². The van der Waals surface area contributed by atoms with Crippen LogP contribution in [0.2, 0.25) is 39.3 Å². The molecule has 0 aliphatic carbocycles. The normalized spacial score (nSPS) is 12.6. The molecule has 0 aliphatic rings. The van der Waals surface area contributed by atoms with Crippen molar-refractivity contribution < 1.29 is 0 Å². The molecule has 0 aromatic rings. The smallest absolute Gasteiger partial charge is 0.109 e. The Bertz CT molecular complexity index is 80.9. The quantitative estimate of drug-likeness (QED) is 0.767. The molecule has 0 saturated carbocycles. The first kappa shape index (κ1) is 14.9. The Labute approximate surface area is 126 Å². The summed E-state index contributed by atoms with van der Waals surface area (Å²) >= 11 is 0. The van der Waals surface area contributed by atoms with Gasteiger partial charge in [-0.05, 0) is 0 Å². The van der Waals surface area contributed by atoms with Gasteiger partial charge in [-0.15, -0.1) is 0 Å². The maximum Gasteiger partial charge on any atom is 0.109 e. The fourth-order valence-electron chi connectivity index (χ4n) is 1.12. The molecule has 0 aromatic heterocycles. The van der Waals surface area contributed by atoms with Gasteiger partial charge in [0.2, 0.25) is 0 Å². The van der Waals surface area contributed by atoms with Crippen molar-refractivity contribution in [2.24, 2.45) is 0 Å². The van der Waals surface area contributed by atoms with E-state index in [1.165, 1.54) is 0 Å². The second-order valence-corrected chi connectivity index (χ2v) is 14.6. The Hall–Kier alpha value is 2.45. The first-order valence-corrected chi connectivity index (χ1v) is 10.5. The van der Waals surface area contributed by atoms with E-state index in [1.807, 2.05) is 0 Å². The Morgan fingerprint density at radius 3 is 0.900 bits per heavy atom. The van der Waals surface area contributed by atoms with E-state index in [4.69, 9.17) is 0 Å². The molecule has 4 heteroatoms. The van der Waals surface area contributed by atoms with Crippen LogP contribution < -0.4 is 4.65 Å². The standard InChI is InChI=1S/C6H19NSi2.Cs/c1-8(2,3)7-9(4,5)6;/h7H,1-6H3;. The molecule has 1 N–H and O–H groups in total. The first-order chi connectivity index (χ1) is 3.71. The van der Waals surface area contributed by atoms with Crippen LogP contribution in [0.25, 0.3) is 0 Å². The van der Waals surface area contributed by atoms with Crippen molar-refractivity contribution in [1.82, 2.24) is 4.65 Å². The zero-order chi connectivity index (χ0) is 7.71. The third-order valence-corrected chi connectivity index (χ3v) is 6.75. The molecule has 57 valence electrons. The molecule has 0 fully saturated rings. The van der Waals surface area contributed by atoms with E-state index in [9.17, 15) is 0 Å². The van der Waals surface area contributed by atoms with Gasteiger partial charge in [-0.3, -0.25) is 0 Å². The Balaban J connectivity index is 0. The molecule has 1 nitrogen and oxygen atoms in total. The fraction of sp³-hybridized carbons (Fsp3) is 1.00. The summed E-state index contributed by atoms with van der Waals surface area (Å²) < 4.78 is 3.74. The Kier molecular flexibility index (Phi) is 7.82. The molecule has 1 radical (unpaired) electrons. The molecule has 0 saturated heterocycles. The molecule has 0 amide bonds. The van der Waals surface area contributed by atoms with Crippen molar-refractivity contribution in [1.29, 1.82) is 0 Å². The average Bonchev–Trinajstić information content (AvgIpc) is 1.14. The predicted octanol–water partition coefficient (Wildman–Crippen LogP) is 1.86. The monoisotopic (exact) mass is 294 g/mol. The molecule has 0 spiro atoms. The van der Waals surface area contributed by atoms with Crippen LogP contribution in [0.15, 0.2) is 0 Å². The molecule has 0 rings (SSSR count). The largest absolute Gasteiger partial charge is 0.360 e. The van der Waals surface area contributed by atoms with Crippen LogP contribution >= 0.6 is 0 Å². The van der Waals surface area contributed by atoms with Crippen LogP contribution in [0.4, 0.5) is 0 Å². The third-order valence-electron chi connectivity index (χ3n) is 0.750. The van der Waals surface area contributed by atoms with E-state index in [0.29, 0.717) is 0 Å². The molecule has 10 heavy (non-hydrogen) atoms. The summed E-state index contributed by atoms with van der Waals surface area (Å²) in [4.78, 5) is 0. The van der Waals surface area contributed by atoms with Crippen molar-refractivity contribution in [3.8, 4) is 0 Å². The van der Waals surface area contributed by atoms with Crippen LogP contribution in [0.3, 0.4) is 0 Å². The summed E-state index contributed by atoms with van der Waals surface area (Å²) in [6.07, 6.45) is 0. The summed E-state index contributed by atoms with van der Waals surface area (Å²) in [7, 11) is -1.96. The van der Waals surface area contributed by atoms with E-state index in [1.54, 1.807) is 0 Å². The van der Waals surface area contributed by atoms with Crippen molar-refractivity contribution >= 4 is 85.4 Å². The molecule has 0 bridgehead atoms. The average molecular weight is 294 g/mol. The van der Waals surface area contributed by atoms with E-state index < -0.39 is 16.5 Å². The predicted molar refractivity (Wildman–Crippen MR) is 55.6 cm³/mol. The van der Waals surface area contributed by atoms with Crippen molar-refractivity contribution in [2.75, 3.05) is 0 Å². The van der Waals surface area contributed by atoms with E-state index in [2.05, 4.69) is 43.9 Å². The van der Waals surface area contributed by atoms with Crippen molar-refractivity contribution in [3.63, 3.8) is 0 Å². The zero-order valence-electron chi connectivity index (χ0n) is 8.50. The van der Waals surface area contributed by atoms with Crippen LogP contribution in [-0.4, -0.2) is 85.4 Å². The van der Waals surface area contributed by atoms with Gasteiger partial charge in [0.1, 0.15) is 16.5 Å². The second-order valence-electron chi connectivity index (χ2n) is 4.62. The third kappa shape index (κ3) is 13.1. The van der Waals surface area contributed by atoms with Gasteiger partial charge in [0.15, 0.2) is 0 Å². The Morgan fingerprint density at radius 2 is 0.900 bits per heavy atom. The minimum Gasteiger partial charge on any atom is -0.360 e. The number of nitrogens with one attached hydrogen (secondary N) is 1. The molecular formula is C6H19CsNSi2. The summed E-state index contributed by atoms with van der Waals surface area (Å²) in [5, 5.41) is 0. The van der Waals surface area contributed by atoms with Crippen molar-refractivity contribution in [2.45, 2.75) is 39.3 Å². The maximum atomic E-state index is 3.74. The summed E-state index contributed by atoms with van der Waals surface area (Å²) in [5.74, 6) is 0. The van der Waals surface area contributed by atoms with Crippen molar-refractivity contribution in [3.05, 3.63) is 0 Å². The van der Waals surface area contributed by atoms with E-state index in [0.717, 1.165) is 0 Å². The zero-order valence-corrected chi connectivity index (χ0v) is 16.8. The fourth-order valence-corrected chi connectivity index (χ4v) is 10.1. The van der Waals surface area contributed by atoms with Crippen LogP contribution in [0, 0.1) is 0 Å². The molecule has 0 atom stereocenters. The molecular weight excluding hydrogens is 275 g/mol. The Morgan fingerprint density at radius 1 is 0.700 bits per heavy atom. The van der Waals surface area contributed by atoms with Crippen LogP contribution in [0.5, 0.6) is 0 Å². The van der Waals surface area contributed by atoms with Gasteiger partial charge >= 0.3 is 0 Å². The van der Waals surface area contributed by atoms with Gasteiger partial charge in [-0.25, -0.2) is 0 Å². The van der Waals surface area contributed by atoms with Gasteiger partial charge in [0, 0.05) is 68.9 Å². The maximum absolute atomic E-state index is 3.74. The van der Waals surface area contributed by atoms with Gasteiger partial charge < -0.3 is 4.65 Å². The minimum absolute atomic E-state index is 0. The number of rotatable bonds is 2. The van der Waals surface area contributed by atoms with Gasteiger partial charge in [0.25, 0.3) is 0 Å². The first-order valence-electron chi connectivity index (χ1n) is 3.50. The summed E-state index contributed by atoms with van der Waals surface area (Å²) in [6.45, 7) is 14.1. The summed E-state index contributed by atoms with van der Waals surface area (Å²) in [6, 6.07) is 0. The van der Waals surface area contributed by atoms with E-state index >= 15 is 0 Å². The molecule has 0 aliphatic heterocycles. The van der Waals surface area contributed by atoms with Gasteiger partial charge in [0.05, 0.1) is 0 Å². The molecule has 0 aromatic carbocycles. The number of hydrogen-bond donors (Lipinski definition) is 1.